The molecule has 2 N–H and O–H groups in total. The molecule has 0 amide bonds. The number of nitrogens with one attached hydrogen (secondary N) is 1. The van der Waals surface area contributed by atoms with Crippen LogP contribution in [-0.2, 0) is 0 Å². The number of aromatic nitrogens is 2. The number of hydrogen-bond acceptors (Lipinski definition) is 2. The summed E-state index contributed by atoms with van der Waals surface area (Å²) in [4.78, 5) is 7.28. The average molecular weight is 237 g/mol. The van der Waals surface area contributed by atoms with Gasteiger partial charge in [-0.1, -0.05) is 26.0 Å². The summed E-state index contributed by atoms with van der Waals surface area (Å²) < 4.78 is 0. The molecule has 1 aromatic heterocycles. The van der Waals surface area contributed by atoms with Crippen molar-refractivity contribution in [3.05, 3.63) is 35.2 Å². The molecular formula is C12H13ClN2O. The van der Waals surface area contributed by atoms with Crippen LogP contribution in [0.2, 0.25) is 5.28 Å². The van der Waals surface area contributed by atoms with E-state index >= 15 is 0 Å². The van der Waals surface area contributed by atoms with Crippen molar-refractivity contribution in [1.29, 1.82) is 0 Å². The summed E-state index contributed by atoms with van der Waals surface area (Å²) in [7, 11) is 0. The summed E-state index contributed by atoms with van der Waals surface area (Å²) in [6, 6.07) is 7.00. The molecule has 0 saturated carbocycles. The SMILES string of the molecule is CC(C)c1[nH]c(Cl)nc1-c1cccc(O)c1. The lowest BCUT2D eigenvalue weighted by Gasteiger charge is -2.05. The fourth-order valence-electron chi connectivity index (χ4n) is 1.65. The Morgan fingerprint density at radius 3 is 2.75 bits per heavy atom. The van der Waals surface area contributed by atoms with Crippen molar-refractivity contribution >= 4 is 11.6 Å². The molecule has 16 heavy (non-hydrogen) atoms. The summed E-state index contributed by atoms with van der Waals surface area (Å²) >= 11 is 5.87. The van der Waals surface area contributed by atoms with E-state index < -0.39 is 0 Å². The number of phenols is 1. The van der Waals surface area contributed by atoms with Crippen LogP contribution in [0.3, 0.4) is 0 Å². The van der Waals surface area contributed by atoms with Crippen molar-refractivity contribution in [2.75, 3.05) is 0 Å². The van der Waals surface area contributed by atoms with Gasteiger partial charge in [0.1, 0.15) is 5.75 Å². The van der Waals surface area contributed by atoms with E-state index in [9.17, 15) is 5.11 Å². The zero-order chi connectivity index (χ0) is 11.7. The van der Waals surface area contributed by atoms with Crippen LogP contribution in [0.1, 0.15) is 25.5 Å². The van der Waals surface area contributed by atoms with Crippen LogP contribution in [-0.4, -0.2) is 15.1 Å². The zero-order valence-electron chi connectivity index (χ0n) is 9.16. The number of aromatic amines is 1. The molecule has 0 saturated heterocycles. The first-order valence-electron chi connectivity index (χ1n) is 5.12. The highest BCUT2D eigenvalue weighted by Crippen LogP contribution is 2.30. The second-order valence-electron chi connectivity index (χ2n) is 3.99. The lowest BCUT2D eigenvalue weighted by molar-refractivity contribution is 0.475. The van der Waals surface area contributed by atoms with E-state index in [0.29, 0.717) is 11.2 Å². The van der Waals surface area contributed by atoms with E-state index in [1.54, 1.807) is 18.2 Å². The van der Waals surface area contributed by atoms with Gasteiger partial charge in [0, 0.05) is 11.3 Å². The standard InChI is InChI=1S/C12H13ClN2O/c1-7(2)10-11(15-12(13)14-10)8-4-3-5-9(16)6-8/h3-7,16H,1-2H3,(H,14,15). The van der Waals surface area contributed by atoms with Crippen LogP contribution in [0.5, 0.6) is 5.75 Å². The highest BCUT2D eigenvalue weighted by Gasteiger charge is 2.14. The number of hydrogen-bond donors (Lipinski definition) is 2. The monoisotopic (exact) mass is 236 g/mol. The van der Waals surface area contributed by atoms with Crippen LogP contribution in [0.15, 0.2) is 24.3 Å². The van der Waals surface area contributed by atoms with E-state index in [1.165, 1.54) is 0 Å². The van der Waals surface area contributed by atoms with E-state index in [0.717, 1.165) is 17.0 Å². The highest BCUT2D eigenvalue weighted by molar-refractivity contribution is 6.28. The summed E-state index contributed by atoms with van der Waals surface area (Å²) in [5.41, 5.74) is 2.65. The number of benzene rings is 1. The van der Waals surface area contributed by atoms with Gasteiger partial charge in [0.15, 0.2) is 0 Å². The Morgan fingerprint density at radius 1 is 1.38 bits per heavy atom. The molecule has 0 radical (unpaired) electrons. The summed E-state index contributed by atoms with van der Waals surface area (Å²) in [5.74, 6) is 0.531. The molecule has 0 aliphatic heterocycles. The van der Waals surface area contributed by atoms with E-state index in [2.05, 4.69) is 23.8 Å². The third-order valence-electron chi connectivity index (χ3n) is 2.40. The molecule has 0 aliphatic carbocycles. The number of halogens is 1. The van der Waals surface area contributed by atoms with Gasteiger partial charge in [0.2, 0.25) is 5.28 Å². The number of rotatable bonds is 2. The van der Waals surface area contributed by atoms with Crippen molar-refractivity contribution in [2.24, 2.45) is 0 Å². The second kappa shape index (κ2) is 4.18. The van der Waals surface area contributed by atoms with Crippen LogP contribution in [0.4, 0.5) is 0 Å². The van der Waals surface area contributed by atoms with E-state index in [4.69, 9.17) is 11.6 Å². The summed E-state index contributed by atoms with van der Waals surface area (Å²) in [6.45, 7) is 4.13. The largest absolute Gasteiger partial charge is 0.508 e. The van der Waals surface area contributed by atoms with Gasteiger partial charge >= 0.3 is 0 Å². The smallest absolute Gasteiger partial charge is 0.200 e. The lowest BCUT2D eigenvalue weighted by atomic mass is 10.0. The first-order valence-corrected chi connectivity index (χ1v) is 5.50. The minimum absolute atomic E-state index is 0.228. The fourth-order valence-corrected chi connectivity index (χ4v) is 1.83. The van der Waals surface area contributed by atoms with Gasteiger partial charge in [-0.15, -0.1) is 0 Å². The van der Waals surface area contributed by atoms with Gasteiger partial charge in [-0.05, 0) is 29.7 Å². The minimum Gasteiger partial charge on any atom is -0.508 e. The van der Waals surface area contributed by atoms with Gasteiger partial charge in [-0.3, -0.25) is 0 Å². The molecule has 0 unspecified atom stereocenters. The molecule has 4 heteroatoms. The summed E-state index contributed by atoms with van der Waals surface area (Å²) in [6.07, 6.45) is 0. The quantitative estimate of drug-likeness (QED) is 0.838. The van der Waals surface area contributed by atoms with Crippen LogP contribution in [0.25, 0.3) is 11.3 Å². The van der Waals surface area contributed by atoms with Crippen molar-refractivity contribution < 1.29 is 5.11 Å². The Kier molecular flexibility index (Phi) is 2.88. The van der Waals surface area contributed by atoms with Gasteiger partial charge < -0.3 is 10.1 Å². The molecule has 1 heterocycles. The Morgan fingerprint density at radius 2 is 2.12 bits per heavy atom. The molecule has 2 rings (SSSR count). The van der Waals surface area contributed by atoms with Crippen molar-refractivity contribution in [2.45, 2.75) is 19.8 Å². The van der Waals surface area contributed by atoms with Crippen LogP contribution < -0.4 is 0 Å². The fraction of sp³-hybridized carbons (Fsp3) is 0.250. The number of phenolic OH excluding ortho intramolecular Hbond substituents is 1. The maximum Gasteiger partial charge on any atom is 0.200 e. The van der Waals surface area contributed by atoms with Crippen molar-refractivity contribution in [3.8, 4) is 17.0 Å². The maximum atomic E-state index is 9.44. The molecule has 0 atom stereocenters. The molecule has 0 bridgehead atoms. The summed E-state index contributed by atoms with van der Waals surface area (Å²) in [5, 5.41) is 9.82. The third kappa shape index (κ3) is 2.04. The van der Waals surface area contributed by atoms with E-state index in [1.807, 2.05) is 6.07 Å². The molecular weight excluding hydrogens is 224 g/mol. The average Bonchev–Trinajstić information content (AvgIpc) is 2.60. The van der Waals surface area contributed by atoms with Gasteiger partial charge in [-0.2, -0.15) is 0 Å². The third-order valence-corrected chi connectivity index (χ3v) is 2.58. The number of H-pyrrole nitrogens is 1. The molecule has 0 fully saturated rings. The first kappa shape index (κ1) is 11.0. The zero-order valence-corrected chi connectivity index (χ0v) is 9.92. The molecule has 84 valence electrons. The van der Waals surface area contributed by atoms with Crippen LogP contribution >= 0.6 is 11.6 Å². The number of aromatic hydroxyl groups is 1. The Hall–Kier alpha value is -1.48. The van der Waals surface area contributed by atoms with Crippen molar-refractivity contribution in [3.63, 3.8) is 0 Å². The molecule has 3 nitrogen and oxygen atoms in total. The second-order valence-corrected chi connectivity index (χ2v) is 4.35. The van der Waals surface area contributed by atoms with Gasteiger partial charge in [0.05, 0.1) is 5.69 Å². The van der Waals surface area contributed by atoms with Gasteiger partial charge in [0.25, 0.3) is 0 Å². The van der Waals surface area contributed by atoms with Crippen molar-refractivity contribution in [1.82, 2.24) is 9.97 Å². The number of imidazole rings is 1. The molecule has 1 aromatic carbocycles. The normalized spacial score (nSPS) is 11.0. The predicted molar refractivity (Wildman–Crippen MR) is 64.8 cm³/mol. The maximum absolute atomic E-state index is 9.44. The highest BCUT2D eigenvalue weighted by atomic mass is 35.5. The number of nitrogens with zero attached hydrogens (tertiary/aromatic N) is 1. The Balaban J connectivity index is 2.55. The first-order chi connectivity index (χ1) is 7.58. The minimum atomic E-state index is 0.228. The molecule has 0 spiro atoms. The van der Waals surface area contributed by atoms with E-state index in [-0.39, 0.29) is 5.75 Å². The molecule has 2 aromatic rings. The van der Waals surface area contributed by atoms with Gasteiger partial charge in [-0.25, -0.2) is 4.98 Å². The Bertz CT molecular complexity index is 505. The molecule has 0 aliphatic rings. The predicted octanol–water partition coefficient (Wildman–Crippen LogP) is 3.56. The van der Waals surface area contributed by atoms with Crippen LogP contribution in [0, 0.1) is 0 Å². The Labute approximate surface area is 99.1 Å². The lowest BCUT2D eigenvalue weighted by Crippen LogP contribution is -1.91. The topological polar surface area (TPSA) is 48.9 Å².